The van der Waals surface area contributed by atoms with Crippen molar-refractivity contribution in [1.29, 1.82) is 0 Å². The van der Waals surface area contributed by atoms with Gasteiger partial charge in [-0.05, 0) is 37.9 Å². The summed E-state index contributed by atoms with van der Waals surface area (Å²) >= 11 is 2.15. The van der Waals surface area contributed by atoms with Crippen LogP contribution in [0, 0.1) is 5.92 Å². The van der Waals surface area contributed by atoms with E-state index < -0.39 is 0 Å². The Morgan fingerprint density at radius 2 is 1.80 bits per heavy atom. The summed E-state index contributed by atoms with van der Waals surface area (Å²) in [4.78, 5) is 0. The van der Waals surface area contributed by atoms with Crippen molar-refractivity contribution in [2.75, 3.05) is 6.26 Å². The van der Waals surface area contributed by atoms with E-state index in [2.05, 4.69) is 18.0 Å². The third-order valence-corrected chi connectivity index (χ3v) is 5.01. The first-order valence-corrected chi connectivity index (χ1v) is 5.65. The summed E-state index contributed by atoms with van der Waals surface area (Å²) in [5.41, 5.74) is 0. The maximum absolute atomic E-state index is 2.31. The van der Waals surface area contributed by atoms with Crippen molar-refractivity contribution >= 4 is 11.8 Å². The molecule has 2 saturated carbocycles. The molecule has 0 radical (unpaired) electrons. The lowest BCUT2D eigenvalue weighted by Crippen LogP contribution is -2.22. The lowest BCUT2D eigenvalue weighted by atomic mass is 10.00. The first-order chi connectivity index (χ1) is 4.87. The summed E-state index contributed by atoms with van der Waals surface area (Å²) in [6, 6.07) is 0. The van der Waals surface area contributed by atoms with Crippen molar-refractivity contribution in [3.05, 3.63) is 0 Å². The number of rotatable bonds is 1. The van der Waals surface area contributed by atoms with E-state index in [9.17, 15) is 0 Å². The molecule has 0 heterocycles. The van der Waals surface area contributed by atoms with Crippen LogP contribution in [0.4, 0.5) is 0 Å². The molecular weight excluding hydrogens is 140 g/mol. The van der Waals surface area contributed by atoms with Crippen LogP contribution in [0.25, 0.3) is 0 Å². The van der Waals surface area contributed by atoms with Gasteiger partial charge in [0.25, 0.3) is 0 Å². The number of fused-ring (bicyclic) bond motifs is 1. The van der Waals surface area contributed by atoms with Crippen LogP contribution < -0.4 is 0 Å². The molecule has 0 nitrogen and oxygen atoms in total. The molecule has 0 saturated heterocycles. The van der Waals surface area contributed by atoms with Crippen LogP contribution in [0.15, 0.2) is 0 Å². The zero-order valence-electron chi connectivity index (χ0n) is 6.73. The molecule has 0 amide bonds. The summed E-state index contributed by atoms with van der Waals surface area (Å²) in [6.07, 6.45) is 11.4. The van der Waals surface area contributed by atoms with E-state index in [4.69, 9.17) is 0 Å². The third-order valence-electron chi connectivity index (χ3n) is 3.46. The van der Waals surface area contributed by atoms with E-state index in [0.29, 0.717) is 0 Å². The van der Waals surface area contributed by atoms with Gasteiger partial charge in [-0.3, -0.25) is 0 Å². The summed E-state index contributed by atoms with van der Waals surface area (Å²) in [5.74, 6) is 1.10. The van der Waals surface area contributed by atoms with Gasteiger partial charge in [0.1, 0.15) is 0 Å². The van der Waals surface area contributed by atoms with E-state index in [1.54, 1.807) is 0 Å². The third kappa shape index (κ3) is 0.827. The van der Waals surface area contributed by atoms with E-state index in [1.807, 2.05) is 0 Å². The van der Waals surface area contributed by atoms with Crippen molar-refractivity contribution in [2.45, 2.75) is 43.3 Å². The molecule has 1 heteroatoms. The Morgan fingerprint density at radius 1 is 1.20 bits per heavy atom. The molecule has 0 aromatic rings. The van der Waals surface area contributed by atoms with Gasteiger partial charge < -0.3 is 0 Å². The fourth-order valence-electron chi connectivity index (χ4n) is 2.87. The second-order valence-corrected chi connectivity index (χ2v) is 4.97. The lowest BCUT2D eigenvalue weighted by molar-refractivity contribution is 0.503. The van der Waals surface area contributed by atoms with Crippen molar-refractivity contribution < 1.29 is 0 Å². The number of hydrogen-bond acceptors (Lipinski definition) is 1. The number of hydrogen-bond donors (Lipinski definition) is 0. The minimum atomic E-state index is 0.764. The van der Waals surface area contributed by atoms with Gasteiger partial charge in [-0.1, -0.05) is 12.8 Å². The highest BCUT2D eigenvalue weighted by atomic mass is 32.2. The van der Waals surface area contributed by atoms with Crippen molar-refractivity contribution in [3.63, 3.8) is 0 Å². The zero-order chi connectivity index (χ0) is 7.03. The molecule has 10 heavy (non-hydrogen) atoms. The highest BCUT2D eigenvalue weighted by Crippen LogP contribution is 2.54. The van der Waals surface area contributed by atoms with Gasteiger partial charge in [-0.15, -0.1) is 0 Å². The topological polar surface area (TPSA) is 0 Å². The zero-order valence-corrected chi connectivity index (χ0v) is 7.54. The molecule has 0 aliphatic heterocycles. The van der Waals surface area contributed by atoms with Gasteiger partial charge in [0, 0.05) is 4.75 Å². The molecule has 2 fully saturated rings. The second-order valence-electron chi connectivity index (χ2n) is 3.75. The molecule has 58 valence electrons. The first-order valence-electron chi connectivity index (χ1n) is 4.42. The van der Waals surface area contributed by atoms with Crippen molar-refractivity contribution in [2.24, 2.45) is 5.92 Å². The summed E-state index contributed by atoms with van der Waals surface area (Å²) in [6.45, 7) is 0. The average molecular weight is 156 g/mol. The summed E-state index contributed by atoms with van der Waals surface area (Å²) in [5, 5.41) is 0. The highest BCUT2D eigenvalue weighted by molar-refractivity contribution is 8.00. The van der Waals surface area contributed by atoms with Crippen LogP contribution in [0.3, 0.4) is 0 Å². The van der Waals surface area contributed by atoms with Gasteiger partial charge >= 0.3 is 0 Å². The minimum absolute atomic E-state index is 0.764. The van der Waals surface area contributed by atoms with E-state index in [1.165, 1.54) is 38.5 Å². The van der Waals surface area contributed by atoms with E-state index >= 15 is 0 Å². The lowest BCUT2D eigenvalue weighted by Gasteiger charge is -2.26. The first kappa shape index (κ1) is 7.02. The second kappa shape index (κ2) is 2.44. The molecule has 0 aromatic carbocycles. The Bertz CT molecular complexity index is 121. The van der Waals surface area contributed by atoms with Crippen LogP contribution in [-0.2, 0) is 0 Å². The Balaban J connectivity index is 2.15. The molecule has 2 aliphatic rings. The van der Waals surface area contributed by atoms with Gasteiger partial charge in [-0.25, -0.2) is 0 Å². The molecule has 0 atom stereocenters. The van der Waals surface area contributed by atoms with E-state index in [-0.39, 0.29) is 0 Å². The van der Waals surface area contributed by atoms with Crippen LogP contribution in [0.2, 0.25) is 0 Å². The smallest absolute Gasteiger partial charge is 0.0185 e. The SMILES string of the molecule is CSC12CCCC1CCC2. The van der Waals surface area contributed by atoms with Crippen LogP contribution >= 0.6 is 11.8 Å². The molecule has 0 N–H and O–H groups in total. The predicted octanol–water partition coefficient (Wildman–Crippen LogP) is 3.07. The largest absolute Gasteiger partial charge is 0.158 e. The Hall–Kier alpha value is 0.350. The predicted molar refractivity (Wildman–Crippen MR) is 47.4 cm³/mol. The van der Waals surface area contributed by atoms with E-state index in [0.717, 1.165) is 10.7 Å². The fourth-order valence-corrected chi connectivity index (χ4v) is 4.14. The van der Waals surface area contributed by atoms with Crippen molar-refractivity contribution in [3.8, 4) is 0 Å². The average Bonchev–Trinajstić information content (AvgIpc) is 2.42. The molecule has 0 bridgehead atoms. The maximum atomic E-state index is 2.31. The highest BCUT2D eigenvalue weighted by Gasteiger charge is 2.45. The van der Waals surface area contributed by atoms with Gasteiger partial charge in [-0.2, -0.15) is 11.8 Å². The van der Waals surface area contributed by atoms with Crippen molar-refractivity contribution in [1.82, 2.24) is 0 Å². The van der Waals surface area contributed by atoms with Crippen LogP contribution in [0.5, 0.6) is 0 Å². The molecule has 0 spiro atoms. The summed E-state index contributed by atoms with van der Waals surface area (Å²) < 4.78 is 0.764. The monoisotopic (exact) mass is 156 g/mol. The number of thioether (sulfide) groups is 1. The quantitative estimate of drug-likeness (QED) is 0.562. The van der Waals surface area contributed by atoms with Gasteiger partial charge in [0.2, 0.25) is 0 Å². The molecule has 2 rings (SSSR count). The molecular formula is C9H16S. The Labute approximate surface area is 67.8 Å². The molecule has 0 unspecified atom stereocenters. The van der Waals surface area contributed by atoms with Gasteiger partial charge in [0.15, 0.2) is 0 Å². The minimum Gasteiger partial charge on any atom is -0.158 e. The fraction of sp³-hybridized carbons (Fsp3) is 1.00. The van der Waals surface area contributed by atoms with Crippen LogP contribution in [0.1, 0.15) is 38.5 Å². The molecule has 0 aromatic heterocycles. The van der Waals surface area contributed by atoms with Crippen LogP contribution in [-0.4, -0.2) is 11.0 Å². The Morgan fingerprint density at radius 3 is 2.20 bits per heavy atom. The maximum Gasteiger partial charge on any atom is 0.0185 e. The normalized spacial score (nSPS) is 45.9. The standard InChI is InChI=1S/C9H16S/c1-10-9-6-2-4-8(9)5-3-7-9/h8H,2-7H2,1H3. The van der Waals surface area contributed by atoms with Gasteiger partial charge in [0.05, 0.1) is 0 Å². The molecule has 2 aliphatic carbocycles. The Kier molecular flexibility index (Phi) is 1.71. The summed E-state index contributed by atoms with van der Waals surface area (Å²) in [7, 11) is 0.